The zero-order valence-electron chi connectivity index (χ0n) is 10.1. The first-order valence-corrected chi connectivity index (χ1v) is 6.10. The summed E-state index contributed by atoms with van der Waals surface area (Å²) in [7, 11) is 0. The minimum atomic E-state index is -0.833. The SMILES string of the molecule is CC1([C@@H]2C[C@@H](O)[C@]3(C)O[C@H]3C2)CC1(C#N)C#N. The van der Waals surface area contributed by atoms with Gasteiger partial charge in [0.25, 0.3) is 0 Å². The van der Waals surface area contributed by atoms with Gasteiger partial charge in [0.15, 0.2) is 0 Å². The Morgan fingerprint density at radius 2 is 1.88 bits per heavy atom. The number of fused-ring (bicyclic) bond motifs is 1. The van der Waals surface area contributed by atoms with Crippen LogP contribution in [0.15, 0.2) is 0 Å². The number of ether oxygens (including phenoxy) is 1. The molecule has 0 aromatic rings. The highest BCUT2D eigenvalue weighted by Crippen LogP contribution is 2.70. The lowest BCUT2D eigenvalue weighted by molar-refractivity contribution is 0.0432. The number of epoxide rings is 1. The van der Waals surface area contributed by atoms with Gasteiger partial charge in [-0.1, -0.05) is 6.92 Å². The molecular weight excluding hydrogens is 216 g/mol. The molecule has 1 saturated heterocycles. The van der Waals surface area contributed by atoms with E-state index in [1.165, 1.54) is 0 Å². The topological polar surface area (TPSA) is 80.3 Å². The van der Waals surface area contributed by atoms with Crippen LogP contribution >= 0.6 is 0 Å². The lowest BCUT2D eigenvalue weighted by atomic mass is 9.71. The third kappa shape index (κ3) is 1.13. The Bertz CT molecular complexity index is 449. The second-order valence-corrected chi connectivity index (χ2v) is 6.20. The molecule has 2 saturated carbocycles. The standard InChI is InChI=1S/C13H16N2O2/c1-11(5-13(11,6-14)7-15)8-3-9(16)12(2)10(4-8)17-12/h8-10,16H,3-5H2,1-2H3/t8-,9-,10+,11?,12+/m1/s1. The molecule has 4 nitrogen and oxygen atoms in total. The molecule has 3 fully saturated rings. The minimum Gasteiger partial charge on any atom is -0.390 e. The molecule has 1 N–H and O–H groups in total. The maximum Gasteiger partial charge on any atom is 0.150 e. The molecule has 1 heterocycles. The van der Waals surface area contributed by atoms with Gasteiger partial charge < -0.3 is 9.84 Å². The summed E-state index contributed by atoms with van der Waals surface area (Å²) in [6, 6.07) is 4.32. The van der Waals surface area contributed by atoms with E-state index in [4.69, 9.17) is 15.3 Å². The van der Waals surface area contributed by atoms with Crippen molar-refractivity contribution in [2.24, 2.45) is 16.7 Å². The number of aliphatic hydroxyl groups is 1. The normalized spacial score (nSPS) is 54.1. The zero-order valence-corrected chi connectivity index (χ0v) is 10.1. The molecule has 2 aliphatic carbocycles. The molecule has 0 amide bonds. The first-order valence-electron chi connectivity index (χ1n) is 6.10. The number of hydrogen-bond donors (Lipinski definition) is 1. The summed E-state index contributed by atoms with van der Waals surface area (Å²) in [5.74, 6) is 0.220. The summed E-state index contributed by atoms with van der Waals surface area (Å²) < 4.78 is 5.55. The van der Waals surface area contributed by atoms with Crippen molar-refractivity contribution in [3.05, 3.63) is 0 Å². The summed E-state index contributed by atoms with van der Waals surface area (Å²) in [5, 5.41) is 28.4. The van der Waals surface area contributed by atoms with Crippen LogP contribution in [0.5, 0.6) is 0 Å². The van der Waals surface area contributed by atoms with Crippen molar-refractivity contribution in [3.8, 4) is 12.1 Å². The van der Waals surface area contributed by atoms with Crippen LogP contribution < -0.4 is 0 Å². The Kier molecular flexibility index (Phi) is 1.83. The van der Waals surface area contributed by atoms with E-state index in [0.29, 0.717) is 12.8 Å². The fraction of sp³-hybridized carbons (Fsp3) is 0.846. The van der Waals surface area contributed by atoms with Crippen LogP contribution in [0.2, 0.25) is 0 Å². The van der Waals surface area contributed by atoms with Crippen molar-refractivity contribution < 1.29 is 9.84 Å². The quantitative estimate of drug-likeness (QED) is 0.692. The Morgan fingerprint density at radius 3 is 2.35 bits per heavy atom. The van der Waals surface area contributed by atoms with Gasteiger partial charge in [-0.2, -0.15) is 10.5 Å². The van der Waals surface area contributed by atoms with Crippen molar-refractivity contribution in [1.29, 1.82) is 10.5 Å². The van der Waals surface area contributed by atoms with Gasteiger partial charge in [-0.25, -0.2) is 0 Å². The van der Waals surface area contributed by atoms with E-state index >= 15 is 0 Å². The van der Waals surface area contributed by atoms with E-state index in [9.17, 15) is 5.11 Å². The van der Waals surface area contributed by atoms with E-state index in [1.807, 2.05) is 13.8 Å². The monoisotopic (exact) mass is 232 g/mol. The highest BCUT2D eigenvalue weighted by molar-refractivity contribution is 5.35. The maximum atomic E-state index is 10.1. The van der Waals surface area contributed by atoms with Gasteiger partial charge >= 0.3 is 0 Å². The van der Waals surface area contributed by atoms with Crippen molar-refractivity contribution in [2.75, 3.05) is 0 Å². The minimum absolute atomic E-state index is 0.115. The Morgan fingerprint density at radius 1 is 1.24 bits per heavy atom. The first kappa shape index (κ1) is 11.0. The van der Waals surface area contributed by atoms with Crippen LogP contribution in [-0.2, 0) is 4.74 Å². The summed E-state index contributed by atoms with van der Waals surface area (Å²) in [4.78, 5) is 0. The second-order valence-electron chi connectivity index (χ2n) is 6.20. The van der Waals surface area contributed by atoms with Crippen LogP contribution in [0.25, 0.3) is 0 Å². The first-order chi connectivity index (χ1) is 7.92. The van der Waals surface area contributed by atoms with Gasteiger partial charge in [0.2, 0.25) is 0 Å². The molecule has 3 aliphatic rings. The molecule has 0 aromatic heterocycles. The van der Waals surface area contributed by atoms with E-state index < -0.39 is 11.5 Å². The molecule has 90 valence electrons. The predicted molar refractivity (Wildman–Crippen MR) is 58.4 cm³/mol. The lowest BCUT2D eigenvalue weighted by Crippen LogP contribution is -2.39. The average molecular weight is 232 g/mol. The average Bonchev–Trinajstić information content (AvgIpc) is 3.14. The van der Waals surface area contributed by atoms with Gasteiger partial charge in [0.1, 0.15) is 11.0 Å². The van der Waals surface area contributed by atoms with Crippen molar-refractivity contribution in [2.45, 2.75) is 50.9 Å². The largest absolute Gasteiger partial charge is 0.390 e. The third-order valence-electron chi connectivity index (χ3n) is 5.41. The number of aliphatic hydroxyl groups excluding tert-OH is 1. The Balaban J connectivity index is 1.81. The Hall–Kier alpha value is -1.10. The van der Waals surface area contributed by atoms with Crippen molar-refractivity contribution in [3.63, 3.8) is 0 Å². The molecule has 3 rings (SSSR count). The fourth-order valence-electron chi connectivity index (χ4n) is 3.59. The third-order valence-corrected chi connectivity index (χ3v) is 5.41. The lowest BCUT2D eigenvalue weighted by Gasteiger charge is -2.32. The van der Waals surface area contributed by atoms with E-state index in [1.54, 1.807) is 0 Å². The Labute approximate surface area is 101 Å². The molecule has 0 radical (unpaired) electrons. The molecule has 4 heteroatoms. The molecule has 5 atom stereocenters. The van der Waals surface area contributed by atoms with E-state index in [0.717, 1.165) is 6.42 Å². The van der Waals surface area contributed by atoms with Gasteiger partial charge in [-0.3, -0.25) is 0 Å². The number of hydrogen-bond acceptors (Lipinski definition) is 4. The summed E-state index contributed by atoms with van der Waals surface area (Å²) in [6.45, 7) is 3.94. The summed E-state index contributed by atoms with van der Waals surface area (Å²) >= 11 is 0. The van der Waals surface area contributed by atoms with Crippen molar-refractivity contribution >= 4 is 0 Å². The van der Waals surface area contributed by atoms with Crippen LogP contribution in [0.1, 0.15) is 33.1 Å². The van der Waals surface area contributed by atoms with Crippen LogP contribution in [0.3, 0.4) is 0 Å². The molecule has 17 heavy (non-hydrogen) atoms. The summed E-state index contributed by atoms with van der Waals surface area (Å²) in [6.07, 6.45) is 1.81. The molecule has 0 bridgehead atoms. The number of rotatable bonds is 1. The van der Waals surface area contributed by atoms with Gasteiger partial charge in [0, 0.05) is 5.41 Å². The summed E-state index contributed by atoms with van der Waals surface area (Å²) in [5.41, 5.74) is -1.45. The molecule has 1 aliphatic heterocycles. The van der Waals surface area contributed by atoms with Gasteiger partial charge in [-0.05, 0) is 32.1 Å². The molecule has 1 unspecified atom stereocenters. The van der Waals surface area contributed by atoms with E-state index in [2.05, 4.69) is 12.1 Å². The molecular formula is C13H16N2O2. The number of nitriles is 2. The second kappa shape index (κ2) is 2.83. The molecule has 0 aromatic carbocycles. The van der Waals surface area contributed by atoms with E-state index in [-0.39, 0.29) is 23.0 Å². The highest BCUT2D eigenvalue weighted by Gasteiger charge is 2.73. The van der Waals surface area contributed by atoms with Gasteiger partial charge in [-0.15, -0.1) is 0 Å². The highest BCUT2D eigenvalue weighted by atomic mass is 16.6. The van der Waals surface area contributed by atoms with Crippen LogP contribution in [0.4, 0.5) is 0 Å². The number of nitrogens with zero attached hydrogens (tertiary/aromatic N) is 2. The van der Waals surface area contributed by atoms with Crippen LogP contribution in [-0.4, -0.2) is 22.9 Å². The maximum absolute atomic E-state index is 10.1. The fourth-order valence-corrected chi connectivity index (χ4v) is 3.59. The predicted octanol–water partition coefficient (Wildman–Crippen LogP) is 1.36. The molecule has 0 spiro atoms. The van der Waals surface area contributed by atoms with Gasteiger partial charge in [0.05, 0.1) is 24.3 Å². The van der Waals surface area contributed by atoms with Crippen molar-refractivity contribution in [1.82, 2.24) is 0 Å². The van der Waals surface area contributed by atoms with Crippen LogP contribution in [0, 0.1) is 39.4 Å². The zero-order chi connectivity index (χ0) is 12.5. The smallest absolute Gasteiger partial charge is 0.150 e.